The molecule has 0 radical (unpaired) electrons. The summed E-state index contributed by atoms with van der Waals surface area (Å²) in [6.45, 7) is 10.0. The Labute approximate surface area is 109 Å². The molecule has 0 aromatic heterocycles. The van der Waals surface area contributed by atoms with E-state index in [2.05, 4.69) is 6.07 Å². The summed E-state index contributed by atoms with van der Waals surface area (Å²) < 4.78 is 12.0. The second-order valence-corrected chi connectivity index (χ2v) is 5.74. The van der Waals surface area contributed by atoms with Crippen LogP contribution in [0.2, 0.25) is 0 Å². The largest absolute Gasteiger partial charge is 0.496 e. The molecule has 1 aromatic rings. The van der Waals surface area contributed by atoms with Crippen molar-refractivity contribution in [3.05, 3.63) is 29.3 Å². The number of rotatable bonds is 1. The summed E-state index contributed by atoms with van der Waals surface area (Å²) in [5.41, 5.74) is 1.72. The van der Waals surface area contributed by atoms with Crippen molar-refractivity contribution in [3.63, 3.8) is 0 Å². The summed E-state index contributed by atoms with van der Waals surface area (Å²) in [5, 5.41) is 9.20. The molecule has 94 valence electrons. The Kier molecular flexibility index (Phi) is 3.00. The molecule has 0 bridgehead atoms. The summed E-state index contributed by atoms with van der Waals surface area (Å²) in [6, 6.07) is 7.86. The zero-order valence-electron chi connectivity index (χ0n) is 11.6. The Hall–Kier alpha value is -1.31. The Bertz CT molecular complexity index is 501. The highest BCUT2D eigenvalue weighted by atomic mass is 16.7. The minimum atomic E-state index is -0.467. The van der Waals surface area contributed by atoms with Gasteiger partial charge in [-0.25, -0.2) is 0 Å². The number of aryl methyl sites for hydroxylation is 1. The molecular weight excluding hydrogens is 225 g/mol. The first-order valence-corrected chi connectivity index (χ1v) is 6.14. The van der Waals surface area contributed by atoms with E-state index in [1.807, 2.05) is 46.8 Å². The molecule has 3 nitrogen and oxygen atoms in total. The van der Waals surface area contributed by atoms with Gasteiger partial charge in [-0.05, 0) is 40.7 Å². The molecule has 1 fully saturated rings. The number of hydrogen-bond acceptors (Lipinski definition) is 3. The van der Waals surface area contributed by atoms with Crippen LogP contribution in [0.3, 0.4) is 0 Å². The molecule has 4 heteroatoms. The van der Waals surface area contributed by atoms with Crippen molar-refractivity contribution in [2.75, 3.05) is 0 Å². The van der Waals surface area contributed by atoms with Gasteiger partial charge < -0.3 is 9.31 Å². The van der Waals surface area contributed by atoms with Crippen LogP contribution in [0.15, 0.2) is 18.2 Å². The Balaban J connectivity index is 2.45. The third-order valence-corrected chi connectivity index (χ3v) is 3.93. The van der Waals surface area contributed by atoms with E-state index in [4.69, 9.17) is 9.31 Å². The van der Waals surface area contributed by atoms with Gasteiger partial charge in [0.25, 0.3) is 0 Å². The highest BCUT2D eigenvalue weighted by Gasteiger charge is 2.52. The van der Waals surface area contributed by atoms with E-state index < -0.39 is 7.12 Å². The molecule has 0 aliphatic carbocycles. The van der Waals surface area contributed by atoms with Crippen LogP contribution in [-0.2, 0) is 9.31 Å². The molecule has 0 atom stereocenters. The molecule has 0 N–H and O–H groups in total. The zero-order valence-corrected chi connectivity index (χ0v) is 11.6. The lowest BCUT2D eigenvalue weighted by atomic mass is 9.73. The van der Waals surface area contributed by atoms with Gasteiger partial charge in [0, 0.05) is 5.46 Å². The van der Waals surface area contributed by atoms with Gasteiger partial charge >= 0.3 is 7.12 Å². The minimum Gasteiger partial charge on any atom is -0.399 e. The molecule has 0 saturated carbocycles. The lowest BCUT2D eigenvalue weighted by Gasteiger charge is -2.32. The van der Waals surface area contributed by atoms with Crippen molar-refractivity contribution in [2.45, 2.75) is 45.8 Å². The predicted octanol–water partition coefficient (Wildman–Crippen LogP) is 2.17. The van der Waals surface area contributed by atoms with E-state index in [1.54, 1.807) is 6.07 Å². The second kappa shape index (κ2) is 4.12. The normalized spacial score (nSPS) is 20.8. The molecule has 1 saturated heterocycles. The quantitative estimate of drug-likeness (QED) is 0.710. The van der Waals surface area contributed by atoms with Gasteiger partial charge in [0.05, 0.1) is 22.8 Å². The van der Waals surface area contributed by atoms with E-state index in [9.17, 15) is 5.26 Å². The average Bonchev–Trinajstić information content (AvgIpc) is 2.47. The first kappa shape index (κ1) is 13.1. The van der Waals surface area contributed by atoms with Crippen LogP contribution in [0.4, 0.5) is 0 Å². The van der Waals surface area contributed by atoms with E-state index in [-0.39, 0.29) is 11.2 Å². The molecular formula is C14H18BNO2. The second-order valence-electron chi connectivity index (χ2n) is 5.74. The molecule has 0 amide bonds. The maximum atomic E-state index is 9.20. The summed E-state index contributed by atoms with van der Waals surface area (Å²) in [6.07, 6.45) is 0. The fraction of sp³-hybridized carbons (Fsp3) is 0.500. The van der Waals surface area contributed by atoms with Crippen molar-refractivity contribution in [3.8, 4) is 6.07 Å². The van der Waals surface area contributed by atoms with Gasteiger partial charge in [-0.1, -0.05) is 17.7 Å². The van der Waals surface area contributed by atoms with E-state index >= 15 is 0 Å². The number of nitriles is 1. The summed E-state index contributed by atoms with van der Waals surface area (Å²) >= 11 is 0. The summed E-state index contributed by atoms with van der Waals surface area (Å²) in [7, 11) is -0.467. The van der Waals surface area contributed by atoms with Gasteiger partial charge in [-0.2, -0.15) is 5.26 Å². The van der Waals surface area contributed by atoms with Crippen LogP contribution in [0, 0.1) is 18.3 Å². The van der Waals surface area contributed by atoms with Crippen LogP contribution < -0.4 is 5.46 Å². The van der Waals surface area contributed by atoms with Crippen LogP contribution in [0.5, 0.6) is 0 Å². The van der Waals surface area contributed by atoms with Crippen LogP contribution in [0.25, 0.3) is 0 Å². The maximum absolute atomic E-state index is 9.20. The van der Waals surface area contributed by atoms with Crippen molar-refractivity contribution in [2.24, 2.45) is 0 Å². The monoisotopic (exact) mass is 243 g/mol. The molecule has 1 aliphatic rings. The fourth-order valence-corrected chi connectivity index (χ4v) is 2.05. The minimum absolute atomic E-state index is 0.382. The highest BCUT2D eigenvalue weighted by Crippen LogP contribution is 2.36. The van der Waals surface area contributed by atoms with E-state index in [0.29, 0.717) is 5.56 Å². The lowest BCUT2D eigenvalue weighted by molar-refractivity contribution is 0.00578. The topological polar surface area (TPSA) is 42.2 Å². The van der Waals surface area contributed by atoms with Crippen molar-refractivity contribution >= 4 is 12.6 Å². The summed E-state index contributed by atoms with van der Waals surface area (Å²) in [4.78, 5) is 0. The van der Waals surface area contributed by atoms with Gasteiger partial charge in [0.2, 0.25) is 0 Å². The molecule has 1 aliphatic heterocycles. The molecule has 2 rings (SSSR count). The molecule has 1 aromatic carbocycles. The highest BCUT2D eigenvalue weighted by molar-refractivity contribution is 6.63. The Morgan fingerprint density at radius 3 is 2.17 bits per heavy atom. The van der Waals surface area contributed by atoms with Crippen LogP contribution in [0.1, 0.15) is 38.8 Å². The van der Waals surface area contributed by atoms with E-state index in [0.717, 1.165) is 11.0 Å². The first-order chi connectivity index (χ1) is 8.28. The van der Waals surface area contributed by atoms with Crippen molar-refractivity contribution in [1.29, 1.82) is 5.26 Å². The van der Waals surface area contributed by atoms with Crippen molar-refractivity contribution in [1.82, 2.24) is 0 Å². The molecule has 1 heterocycles. The lowest BCUT2D eigenvalue weighted by Crippen LogP contribution is -2.41. The Morgan fingerprint density at radius 1 is 1.11 bits per heavy atom. The van der Waals surface area contributed by atoms with Gasteiger partial charge in [-0.3, -0.25) is 0 Å². The fourth-order valence-electron chi connectivity index (χ4n) is 2.05. The zero-order chi connectivity index (χ0) is 13.6. The maximum Gasteiger partial charge on any atom is 0.496 e. The van der Waals surface area contributed by atoms with Crippen molar-refractivity contribution < 1.29 is 9.31 Å². The predicted molar refractivity (Wildman–Crippen MR) is 71.6 cm³/mol. The third kappa shape index (κ3) is 1.94. The average molecular weight is 243 g/mol. The van der Waals surface area contributed by atoms with Crippen LogP contribution in [-0.4, -0.2) is 18.3 Å². The van der Waals surface area contributed by atoms with Gasteiger partial charge in [0.1, 0.15) is 0 Å². The standard InChI is InChI=1S/C14H18BNO2/c1-10-7-6-8-11(9-16)12(10)15-17-13(2,3)14(4,5)18-15/h6-8H,1-5H3. The van der Waals surface area contributed by atoms with Crippen LogP contribution >= 0.6 is 0 Å². The number of nitrogens with zero attached hydrogens (tertiary/aromatic N) is 1. The number of hydrogen-bond donors (Lipinski definition) is 0. The molecule has 0 unspecified atom stereocenters. The first-order valence-electron chi connectivity index (χ1n) is 6.14. The van der Waals surface area contributed by atoms with Gasteiger partial charge in [0.15, 0.2) is 0 Å². The third-order valence-electron chi connectivity index (χ3n) is 3.93. The molecule has 0 spiro atoms. The summed E-state index contributed by atoms with van der Waals surface area (Å²) in [5.74, 6) is 0. The SMILES string of the molecule is Cc1cccc(C#N)c1B1OC(C)(C)C(C)(C)O1. The van der Waals surface area contributed by atoms with E-state index in [1.165, 1.54) is 0 Å². The molecule has 18 heavy (non-hydrogen) atoms. The number of benzene rings is 1. The smallest absolute Gasteiger partial charge is 0.399 e. The van der Waals surface area contributed by atoms with Gasteiger partial charge in [-0.15, -0.1) is 0 Å². The Morgan fingerprint density at radius 2 is 1.67 bits per heavy atom.